The molecule has 1 amide bonds. The van der Waals surface area contributed by atoms with Crippen molar-refractivity contribution in [2.45, 2.75) is 32.1 Å². The maximum atomic E-state index is 13.4. The van der Waals surface area contributed by atoms with Crippen LogP contribution in [0, 0.1) is 11.7 Å². The Hall–Kier alpha value is -1.91. The van der Waals surface area contributed by atoms with E-state index in [0.717, 1.165) is 0 Å². The molecule has 2 rings (SSSR count). The third-order valence-electron chi connectivity index (χ3n) is 4.14. The number of carbonyl (C=O) groups is 2. The highest BCUT2D eigenvalue weighted by Gasteiger charge is 2.37. The number of aliphatic carboxylic acids is 1. The molecule has 0 radical (unpaired) electrons. The van der Waals surface area contributed by atoms with Crippen LogP contribution in [0.4, 0.5) is 4.39 Å². The number of hydrogen-bond donors (Lipinski definition) is 1. The van der Waals surface area contributed by atoms with Gasteiger partial charge in [0.05, 0.1) is 11.3 Å². The smallest absolute Gasteiger partial charge is 0.308 e. The summed E-state index contributed by atoms with van der Waals surface area (Å²) in [4.78, 5) is 25.4. The second-order valence-electron chi connectivity index (χ2n) is 6.06. The number of amides is 1. The van der Waals surface area contributed by atoms with Crippen molar-refractivity contribution in [3.05, 3.63) is 35.6 Å². The van der Waals surface area contributed by atoms with E-state index in [1.807, 2.05) is 0 Å². The fourth-order valence-electron chi connectivity index (χ4n) is 2.76. The molecule has 114 valence electrons. The molecule has 0 saturated carbocycles. The maximum absolute atomic E-state index is 13.4. The molecular formula is C16H20FNO3. The predicted octanol–water partition coefficient (Wildman–Crippen LogP) is 2.43. The Bertz CT molecular complexity index is 556. The maximum Gasteiger partial charge on any atom is 0.308 e. The molecule has 0 unspecified atom stereocenters. The Morgan fingerprint density at radius 1 is 1.38 bits per heavy atom. The summed E-state index contributed by atoms with van der Waals surface area (Å²) in [5.74, 6) is -1.91. The van der Waals surface area contributed by atoms with Gasteiger partial charge in [-0.15, -0.1) is 0 Å². The van der Waals surface area contributed by atoms with Crippen molar-refractivity contribution in [3.63, 3.8) is 0 Å². The Labute approximate surface area is 123 Å². The number of rotatable bonds is 3. The van der Waals surface area contributed by atoms with Crippen molar-refractivity contribution in [1.29, 1.82) is 0 Å². The third-order valence-corrected chi connectivity index (χ3v) is 4.14. The van der Waals surface area contributed by atoms with Gasteiger partial charge >= 0.3 is 5.97 Å². The lowest BCUT2D eigenvalue weighted by atomic mass is 9.82. The molecule has 1 aliphatic heterocycles. The predicted molar refractivity (Wildman–Crippen MR) is 76.4 cm³/mol. The molecule has 1 aromatic rings. The van der Waals surface area contributed by atoms with Gasteiger partial charge in [0.1, 0.15) is 5.82 Å². The fraction of sp³-hybridized carbons (Fsp3) is 0.500. The van der Waals surface area contributed by atoms with Gasteiger partial charge in [-0.25, -0.2) is 4.39 Å². The summed E-state index contributed by atoms with van der Waals surface area (Å²) < 4.78 is 13.4. The zero-order valence-electron chi connectivity index (χ0n) is 12.3. The van der Waals surface area contributed by atoms with Crippen molar-refractivity contribution in [2.75, 3.05) is 13.1 Å². The van der Waals surface area contributed by atoms with Crippen molar-refractivity contribution in [3.8, 4) is 0 Å². The van der Waals surface area contributed by atoms with Crippen LogP contribution in [0.2, 0.25) is 0 Å². The van der Waals surface area contributed by atoms with E-state index >= 15 is 0 Å². The molecule has 1 atom stereocenters. The Morgan fingerprint density at radius 2 is 2.10 bits per heavy atom. The molecule has 0 spiro atoms. The average molecular weight is 293 g/mol. The van der Waals surface area contributed by atoms with Crippen LogP contribution < -0.4 is 0 Å². The third kappa shape index (κ3) is 3.23. The SMILES string of the molecule is CC(C)(C(=O)N1CCC[C@H](C(=O)O)C1)c1cccc(F)c1. The first-order valence-corrected chi connectivity index (χ1v) is 7.10. The number of likely N-dealkylation sites (tertiary alicyclic amines) is 1. The summed E-state index contributed by atoms with van der Waals surface area (Å²) in [5, 5.41) is 9.11. The van der Waals surface area contributed by atoms with Gasteiger partial charge < -0.3 is 10.0 Å². The first-order chi connectivity index (χ1) is 9.82. The van der Waals surface area contributed by atoms with Crippen LogP contribution in [0.1, 0.15) is 32.3 Å². The monoisotopic (exact) mass is 293 g/mol. The van der Waals surface area contributed by atoms with Gasteiger partial charge in [-0.05, 0) is 44.4 Å². The molecule has 1 saturated heterocycles. The Morgan fingerprint density at radius 3 is 2.71 bits per heavy atom. The van der Waals surface area contributed by atoms with Crippen LogP contribution in [0.3, 0.4) is 0 Å². The first kappa shape index (κ1) is 15.5. The van der Waals surface area contributed by atoms with E-state index < -0.39 is 17.3 Å². The summed E-state index contributed by atoms with van der Waals surface area (Å²) in [5.41, 5.74) is -0.271. The summed E-state index contributed by atoms with van der Waals surface area (Å²) in [7, 11) is 0. The Kier molecular flexibility index (Phi) is 4.30. The van der Waals surface area contributed by atoms with E-state index in [-0.39, 0.29) is 18.3 Å². The van der Waals surface area contributed by atoms with Crippen LogP contribution >= 0.6 is 0 Å². The molecule has 0 bridgehead atoms. The van der Waals surface area contributed by atoms with E-state index in [9.17, 15) is 14.0 Å². The first-order valence-electron chi connectivity index (χ1n) is 7.10. The van der Waals surface area contributed by atoms with Gasteiger partial charge in [-0.1, -0.05) is 12.1 Å². The number of hydrogen-bond acceptors (Lipinski definition) is 2. The number of carbonyl (C=O) groups excluding carboxylic acids is 1. The van der Waals surface area contributed by atoms with E-state index in [2.05, 4.69) is 0 Å². The van der Waals surface area contributed by atoms with E-state index in [0.29, 0.717) is 24.9 Å². The summed E-state index contributed by atoms with van der Waals surface area (Å²) >= 11 is 0. The number of halogens is 1. The zero-order valence-corrected chi connectivity index (χ0v) is 12.3. The molecule has 1 aromatic carbocycles. The lowest BCUT2D eigenvalue weighted by Crippen LogP contribution is -2.49. The van der Waals surface area contributed by atoms with Crippen molar-refractivity contribution >= 4 is 11.9 Å². The highest BCUT2D eigenvalue weighted by Crippen LogP contribution is 2.28. The van der Waals surface area contributed by atoms with E-state index in [1.165, 1.54) is 12.1 Å². The van der Waals surface area contributed by atoms with Crippen LogP contribution in [0.15, 0.2) is 24.3 Å². The standard InChI is InChI=1S/C16H20FNO3/c1-16(2,12-6-3-7-13(17)9-12)15(21)18-8-4-5-11(10-18)14(19)20/h3,6-7,9,11H,4-5,8,10H2,1-2H3,(H,19,20)/t11-/m0/s1. The largest absolute Gasteiger partial charge is 0.481 e. The summed E-state index contributed by atoms with van der Waals surface area (Å²) in [6.45, 7) is 4.28. The molecule has 4 nitrogen and oxygen atoms in total. The summed E-state index contributed by atoms with van der Waals surface area (Å²) in [6, 6.07) is 6.00. The molecule has 1 fully saturated rings. The van der Waals surface area contributed by atoms with Crippen molar-refractivity contribution < 1.29 is 19.1 Å². The molecule has 1 heterocycles. The van der Waals surface area contributed by atoms with Gasteiger partial charge in [0, 0.05) is 13.1 Å². The number of piperidine rings is 1. The number of carboxylic acid groups (broad SMARTS) is 1. The van der Waals surface area contributed by atoms with Gasteiger partial charge in [0.25, 0.3) is 0 Å². The second-order valence-corrected chi connectivity index (χ2v) is 6.06. The molecule has 1 N–H and O–H groups in total. The molecule has 0 aliphatic carbocycles. The molecule has 1 aliphatic rings. The minimum atomic E-state index is -0.873. The molecular weight excluding hydrogens is 273 g/mol. The highest BCUT2D eigenvalue weighted by molar-refractivity contribution is 5.88. The lowest BCUT2D eigenvalue weighted by Gasteiger charge is -2.36. The van der Waals surface area contributed by atoms with Gasteiger partial charge in [-0.2, -0.15) is 0 Å². The number of carboxylic acids is 1. The molecule has 21 heavy (non-hydrogen) atoms. The van der Waals surface area contributed by atoms with E-state index in [1.54, 1.807) is 30.9 Å². The second kappa shape index (κ2) is 5.84. The fourth-order valence-corrected chi connectivity index (χ4v) is 2.76. The lowest BCUT2D eigenvalue weighted by molar-refractivity contribution is -0.147. The number of nitrogens with zero attached hydrogens (tertiary/aromatic N) is 1. The van der Waals surface area contributed by atoms with E-state index in [4.69, 9.17) is 5.11 Å². The number of benzene rings is 1. The van der Waals surface area contributed by atoms with Gasteiger partial charge in [-0.3, -0.25) is 9.59 Å². The zero-order chi connectivity index (χ0) is 15.6. The summed E-state index contributed by atoms with van der Waals surface area (Å²) in [6.07, 6.45) is 1.28. The molecule has 0 aromatic heterocycles. The minimum absolute atomic E-state index is 0.154. The Balaban J connectivity index is 2.19. The average Bonchev–Trinajstić information content (AvgIpc) is 2.46. The van der Waals surface area contributed by atoms with Crippen LogP contribution in [0.5, 0.6) is 0 Å². The van der Waals surface area contributed by atoms with Gasteiger partial charge in [0.15, 0.2) is 0 Å². The highest BCUT2D eigenvalue weighted by atomic mass is 19.1. The van der Waals surface area contributed by atoms with Crippen LogP contribution in [0.25, 0.3) is 0 Å². The minimum Gasteiger partial charge on any atom is -0.481 e. The quantitative estimate of drug-likeness (QED) is 0.931. The van der Waals surface area contributed by atoms with Crippen molar-refractivity contribution in [2.24, 2.45) is 5.92 Å². The van der Waals surface area contributed by atoms with Crippen LogP contribution in [-0.4, -0.2) is 35.0 Å². The van der Waals surface area contributed by atoms with Crippen LogP contribution in [-0.2, 0) is 15.0 Å². The van der Waals surface area contributed by atoms with Gasteiger partial charge in [0.2, 0.25) is 5.91 Å². The van der Waals surface area contributed by atoms with Crippen molar-refractivity contribution in [1.82, 2.24) is 4.90 Å². The normalized spacial score (nSPS) is 19.4. The topological polar surface area (TPSA) is 57.6 Å². The molecule has 5 heteroatoms.